The highest BCUT2D eigenvalue weighted by molar-refractivity contribution is 5.78. The molecule has 0 N–H and O–H groups in total. The number of hydrogen-bond acceptors (Lipinski definition) is 2. The monoisotopic (exact) mass is 229 g/mol. The zero-order valence-corrected chi connectivity index (χ0v) is 10.1. The Kier molecular flexibility index (Phi) is 4.37. The number of rotatable bonds is 3. The van der Waals surface area contributed by atoms with Crippen LogP contribution in [-0.4, -0.2) is 19.4 Å². The predicted molar refractivity (Wildman–Crippen MR) is 72.2 cm³/mol. The highest BCUT2D eigenvalue weighted by Gasteiger charge is 2.11. The van der Waals surface area contributed by atoms with E-state index in [2.05, 4.69) is 23.1 Å². The highest BCUT2D eigenvalue weighted by Crippen LogP contribution is 2.24. The van der Waals surface area contributed by atoms with E-state index in [1.807, 2.05) is 12.1 Å². The number of aldehydes is 1. The molecule has 0 aromatic heterocycles. The third kappa shape index (κ3) is 3.19. The molecule has 0 atom stereocenters. The van der Waals surface area contributed by atoms with E-state index in [4.69, 9.17) is 0 Å². The Bertz CT molecular complexity index is 390. The molecule has 1 aliphatic rings. The van der Waals surface area contributed by atoms with Crippen molar-refractivity contribution in [3.63, 3.8) is 0 Å². The number of allylic oxidation sites excluding steroid dienone is 1. The van der Waals surface area contributed by atoms with Crippen molar-refractivity contribution >= 4 is 18.0 Å². The maximum atomic E-state index is 10.4. The van der Waals surface area contributed by atoms with Crippen LogP contribution in [0.1, 0.15) is 31.2 Å². The molecule has 90 valence electrons. The van der Waals surface area contributed by atoms with E-state index < -0.39 is 0 Å². The average Bonchev–Trinajstić information content (AvgIpc) is 2.65. The number of nitrogens with zero attached hydrogens (tertiary/aromatic N) is 1. The van der Waals surface area contributed by atoms with Crippen molar-refractivity contribution in [3.8, 4) is 0 Å². The van der Waals surface area contributed by atoms with Gasteiger partial charge in [-0.3, -0.25) is 4.79 Å². The van der Waals surface area contributed by atoms with Gasteiger partial charge in [-0.1, -0.05) is 31.0 Å². The summed E-state index contributed by atoms with van der Waals surface area (Å²) in [5, 5.41) is 0. The van der Waals surface area contributed by atoms with E-state index in [1.165, 1.54) is 31.4 Å². The molecule has 0 spiro atoms. The van der Waals surface area contributed by atoms with Gasteiger partial charge in [0.2, 0.25) is 0 Å². The number of para-hydroxylation sites is 1. The van der Waals surface area contributed by atoms with Crippen molar-refractivity contribution in [1.82, 2.24) is 0 Å². The van der Waals surface area contributed by atoms with Crippen LogP contribution in [0.15, 0.2) is 30.3 Å². The van der Waals surface area contributed by atoms with E-state index >= 15 is 0 Å². The quantitative estimate of drug-likeness (QED) is 0.585. The van der Waals surface area contributed by atoms with Crippen molar-refractivity contribution in [2.24, 2.45) is 0 Å². The Balaban J connectivity index is 2.23. The summed E-state index contributed by atoms with van der Waals surface area (Å²) in [6.45, 7) is 2.26. The van der Waals surface area contributed by atoms with Crippen LogP contribution in [0.2, 0.25) is 0 Å². The third-order valence-corrected chi connectivity index (χ3v) is 3.24. The summed E-state index contributed by atoms with van der Waals surface area (Å²) < 4.78 is 0. The lowest BCUT2D eigenvalue weighted by Gasteiger charge is -2.24. The standard InChI is InChI=1S/C15H19NO/c17-13-7-9-14-8-3-4-10-15(14)16-11-5-1-2-6-12-16/h3-4,7-10,13H,1-2,5-6,11-12H2/b9-7+. The molecule has 1 fully saturated rings. The lowest BCUT2D eigenvalue weighted by Crippen LogP contribution is -2.24. The van der Waals surface area contributed by atoms with E-state index in [0.29, 0.717) is 0 Å². The molecule has 2 heteroatoms. The molecule has 0 aliphatic carbocycles. The van der Waals surface area contributed by atoms with Crippen molar-refractivity contribution in [2.45, 2.75) is 25.7 Å². The first-order chi connectivity index (χ1) is 8.42. The van der Waals surface area contributed by atoms with Crippen LogP contribution in [-0.2, 0) is 4.79 Å². The minimum absolute atomic E-state index is 0.833. The molecule has 0 unspecified atom stereocenters. The summed E-state index contributed by atoms with van der Waals surface area (Å²) in [5.41, 5.74) is 2.40. The molecule has 0 saturated carbocycles. The van der Waals surface area contributed by atoms with Gasteiger partial charge in [0.15, 0.2) is 0 Å². The van der Waals surface area contributed by atoms with Crippen LogP contribution in [0, 0.1) is 0 Å². The molecule has 1 aliphatic heterocycles. The molecule has 1 aromatic carbocycles. The molecule has 1 aromatic rings. The fraction of sp³-hybridized carbons (Fsp3) is 0.400. The normalized spacial score (nSPS) is 17.1. The van der Waals surface area contributed by atoms with Crippen molar-refractivity contribution in [1.29, 1.82) is 0 Å². The maximum Gasteiger partial charge on any atom is 0.142 e. The van der Waals surface area contributed by atoms with Crippen LogP contribution >= 0.6 is 0 Å². The highest BCUT2D eigenvalue weighted by atomic mass is 16.1. The Morgan fingerprint density at radius 2 is 1.71 bits per heavy atom. The van der Waals surface area contributed by atoms with Crippen molar-refractivity contribution in [3.05, 3.63) is 35.9 Å². The van der Waals surface area contributed by atoms with E-state index in [0.717, 1.165) is 24.9 Å². The van der Waals surface area contributed by atoms with E-state index in [9.17, 15) is 4.79 Å². The first kappa shape index (κ1) is 11.9. The van der Waals surface area contributed by atoms with Crippen LogP contribution < -0.4 is 4.90 Å². The van der Waals surface area contributed by atoms with E-state index in [-0.39, 0.29) is 0 Å². The minimum Gasteiger partial charge on any atom is -0.371 e. The second-order valence-electron chi connectivity index (χ2n) is 4.46. The summed E-state index contributed by atoms with van der Waals surface area (Å²) in [4.78, 5) is 12.9. The first-order valence-corrected chi connectivity index (χ1v) is 6.37. The summed E-state index contributed by atoms with van der Waals surface area (Å²) in [7, 11) is 0. The van der Waals surface area contributed by atoms with Gasteiger partial charge in [-0.15, -0.1) is 0 Å². The lowest BCUT2D eigenvalue weighted by atomic mass is 10.1. The smallest absolute Gasteiger partial charge is 0.142 e. The van der Waals surface area contributed by atoms with Gasteiger partial charge in [-0.25, -0.2) is 0 Å². The zero-order valence-electron chi connectivity index (χ0n) is 10.1. The topological polar surface area (TPSA) is 20.3 Å². The van der Waals surface area contributed by atoms with Crippen molar-refractivity contribution in [2.75, 3.05) is 18.0 Å². The molecule has 17 heavy (non-hydrogen) atoms. The van der Waals surface area contributed by atoms with Gasteiger partial charge in [0, 0.05) is 18.8 Å². The number of carbonyl (C=O) groups is 1. The summed E-state index contributed by atoms with van der Waals surface area (Å²) >= 11 is 0. The largest absolute Gasteiger partial charge is 0.371 e. The molecule has 0 amide bonds. The molecular weight excluding hydrogens is 210 g/mol. The Morgan fingerprint density at radius 3 is 2.41 bits per heavy atom. The Labute approximate surface area is 103 Å². The molecule has 0 bridgehead atoms. The summed E-state index contributed by atoms with van der Waals surface area (Å²) in [6.07, 6.45) is 9.51. The second kappa shape index (κ2) is 6.24. The van der Waals surface area contributed by atoms with Gasteiger partial charge in [0.25, 0.3) is 0 Å². The Morgan fingerprint density at radius 1 is 1.00 bits per heavy atom. The second-order valence-corrected chi connectivity index (χ2v) is 4.46. The van der Waals surface area contributed by atoms with Crippen LogP contribution in [0.5, 0.6) is 0 Å². The van der Waals surface area contributed by atoms with Gasteiger partial charge < -0.3 is 4.90 Å². The fourth-order valence-electron chi connectivity index (χ4n) is 2.37. The molecule has 0 radical (unpaired) electrons. The number of hydrogen-bond donors (Lipinski definition) is 0. The van der Waals surface area contributed by atoms with E-state index in [1.54, 1.807) is 6.08 Å². The molecule has 1 heterocycles. The zero-order chi connectivity index (χ0) is 11.9. The van der Waals surface area contributed by atoms with Gasteiger partial charge in [-0.05, 0) is 36.6 Å². The molecule has 1 saturated heterocycles. The maximum absolute atomic E-state index is 10.4. The van der Waals surface area contributed by atoms with Crippen LogP contribution in [0.4, 0.5) is 5.69 Å². The average molecular weight is 229 g/mol. The lowest BCUT2D eigenvalue weighted by molar-refractivity contribution is -0.104. The number of carbonyl (C=O) groups excluding carboxylic acids is 1. The number of anilines is 1. The third-order valence-electron chi connectivity index (χ3n) is 3.24. The van der Waals surface area contributed by atoms with Crippen LogP contribution in [0.25, 0.3) is 6.08 Å². The molecule has 2 nitrogen and oxygen atoms in total. The molecular formula is C15H19NO. The van der Waals surface area contributed by atoms with Gasteiger partial charge in [-0.2, -0.15) is 0 Å². The van der Waals surface area contributed by atoms with Gasteiger partial charge >= 0.3 is 0 Å². The predicted octanol–water partition coefficient (Wildman–Crippen LogP) is 3.28. The van der Waals surface area contributed by atoms with Crippen LogP contribution in [0.3, 0.4) is 0 Å². The van der Waals surface area contributed by atoms with Gasteiger partial charge in [0.05, 0.1) is 0 Å². The SMILES string of the molecule is O=C/C=C/c1ccccc1N1CCCCCC1. The fourth-order valence-corrected chi connectivity index (χ4v) is 2.37. The minimum atomic E-state index is 0.833. The van der Waals surface area contributed by atoms with Crippen molar-refractivity contribution < 1.29 is 4.79 Å². The summed E-state index contributed by atoms with van der Waals surface area (Å²) in [6, 6.07) is 8.31. The van der Waals surface area contributed by atoms with Gasteiger partial charge in [0.1, 0.15) is 6.29 Å². The first-order valence-electron chi connectivity index (χ1n) is 6.37. The molecule has 2 rings (SSSR count). The Hall–Kier alpha value is -1.57. The number of benzene rings is 1. The summed E-state index contributed by atoms with van der Waals surface area (Å²) in [5.74, 6) is 0.